The number of phenolic OH excluding ortho intramolecular Hbond substituents is 1. The van der Waals surface area contributed by atoms with Crippen molar-refractivity contribution < 1.29 is 19.7 Å². The Morgan fingerprint density at radius 2 is 1.89 bits per heavy atom. The zero-order valence-corrected chi connectivity index (χ0v) is 11.9. The standard InChI is InChI=1S/C15H20O4/c1-9(14(17)18)6-10-7-11(19-5)8-12(13(10)16)15(2,3)4/h6-8,16H,1-5H3,(H,17,18). The summed E-state index contributed by atoms with van der Waals surface area (Å²) in [6, 6.07) is 3.39. The normalized spacial score (nSPS) is 12.4. The molecule has 0 aliphatic heterocycles. The van der Waals surface area contributed by atoms with Gasteiger partial charge in [-0.25, -0.2) is 4.79 Å². The van der Waals surface area contributed by atoms with Crippen LogP contribution in [-0.2, 0) is 10.2 Å². The van der Waals surface area contributed by atoms with E-state index in [2.05, 4.69) is 0 Å². The van der Waals surface area contributed by atoms with E-state index in [4.69, 9.17) is 9.84 Å². The van der Waals surface area contributed by atoms with E-state index in [1.807, 2.05) is 20.8 Å². The zero-order valence-electron chi connectivity index (χ0n) is 11.9. The molecule has 0 aliphatic rings. The highest BCUT2D eigenvalue weighted by atomic mass is 16.5. The smallest absolute Gasteiger partial charge is 0.331 e. The molecule has 104 valence electrons. The summed E-state index contributed by atoms with van der Waals surface area (Å²) in [5, 5.41) is 19.2. The van der Waals surface area contributed by atoms with Crippen molar-refractivity contribution in [2.75, 3.05) is 7.11 Å². The lowest BCUT2D eigenvalue weighted by Gasteiger charge is -2.22. The molecule has 0 radical (unpaired) electrons. The predicted molar refractivity (Wildman–Crippen MR) is 74.6 cm³/mol. The van der Waals surface area contributed by atoms with Crippen LogP contribution in [0.15, 0.2) is 17.7 Å². The van der Waals surface area contributed by atoms with Gasteiger partial charge < -0.3 is 14.9 Å². The maximum absolute atomic E-state index is 10.9. The molecule has 0 amide bonds. The molecule has 0 atom stereocenters. The van der Waals surface area contributed by atoms with Gasteiger partial charge in [0, 0.05) is 16.7 Å². The van der Waals surface area contributed by atoms with E-state index in [-0.39, 0.29) is 16.7 Å². The molecule has 0 unspecified atom stereocenters. The number of aliphatic carboxylic acids is 1. The van der Waals surface area contributed by atoms with Crippen molar-refractivity contribution in [3.8, 4) is 11.5 Å². The second kappa shape index (κ2) is 5.34. The van der Waals surface area contributed by atoms with Gasteiger partial charge in [-0.15, -0.1) is 0 Å². The van der Waals surface area contributed by atoms with Gasteiger partial charge in [0.2, 0.25) is 0 Å². The molecule has 0 saturated carbocycles. The van der Waals surface area contributed by atoms with Crippen LogP contribution < -0.4 is 4.74 Å². The van der Waals surface area contributed by atoms with Gasteiger partial charge in [-0.05, 0) is 30.5 Å². The fourth-order valence-corrected chi connectivity index (χ4v) is 1.72. The van der Waals surface area contributed by atoms with Gasteiger partial charge in [-0.1, -0.05) is 20.8 Å². The number of aromatic hydroxyl groups is 1. The lowest BCUT2D eigenvalue weighted by atomic mass is 9.85. The number of ether oxygens (including phenoxy) is 1. The quantitative estimate of drug-likeness (QED) is 0.823. The van der Waals surface area contributed by atoms with Crippen LogP contribution in [0.5, 0.6) is 11.5 Å². The summed E-state index contributed by atoms with van der Waals surface area (Å²) < 4.78 is 5.20. The highest BCUT2D eigenvalue weighted by molar-refractivity contribution is 5.92. The van der Waals surface area contributed by atoms with Crippen molar-refractivity contribution in [1.82, 2.24) is 0 Å². The number of carbonyl (C=O) groups is 1. The van der Waals surface area contributed by atoms with Crippen molar-refractivity contribution in [2.45, 2.75) is 33.1 Å². The Bertz CT molecular complexity index is 522. The average molecular weight is 264 g/mol. The van der Waals surface area contributed by atoms with Crippen LogP contribution in [-0.4, -0.2) is 23.3 Å². The lowest BCUT2D eigenvalue weighted by molar-refractivity contribution is -0.132. The summed E-state index contributed by atoms with van der Waals surface area (Å²) in [7, 11) is 1.54. The number of carboxylic acid groups (broad SMARTS) is 1. The van der Waals surface area contributed by atoms with Crippen molar-refractivity contribution >= 4 is 12.0 Å². The maximum atomic E-state index is 10.9. The Morgan fingerprint density at radius 1 is 1.32 bits per heavy atom. The van der Waals surface area contributed by atoms with E-state index in [9.17, 15) is 9.90 Å². The first-order chi connectivity index (χ1) is 8.66. The number of phenols is 1. The highest BCUT2D eigenvalue weighted by Crippen LogP contribution is 2.37. The molecule has 1 rings (SSSR count). The second-order valence-corrected chi connectivity index (χ2v) is 5.50. The number of methoxy groups -OCH3 is 1. The summed E-state index contributed by atoms with van der Waals surface area (Å²) in [4.78, 5) is 10.9. The molecule has 4 nitrogen and oxygen atoms in total. The molecule has 0 bridgehead atoms. The van der Waals surface area contributed by atoms with Gasteiger partial charge in [0.25, 0.3) is 0 Å². The molecule has 2 N–H and O–H groups in total. The number of hydrogen-bond acceptors (Lipinski definition) is 3. The fraction of sp³-hybridized carbons (Fsp3) is 0.400. The highest BCUT2D eigenvalue weighted by Gasteiger charge is 2.21. The van der Waals surface area contributed by atoms with Gasteiger partial charge in [-0.2, -0.15) is 0 Å². The number of carboxylic acids is 1. The Morgan fingerprint density at radius 3 is 2.32 bits per heavy atom. The summed E-state index contributed by atoms with van der Waals surface area (Å²) in [5.74, 6) is -0.333. The number of rotatable bonds is 3. The Balaban J connectivity index is 3.49. The van der Waals surface area contributed by atoms with Gasteiger partial charge in [0.1, 0.15) is 11.5 Å². The first-order valence-corrected chi connectivity index (χ1v) is 6.00. The summed E-state index contributed by atoms with van der Waals surface area (Å²) in [6.45, 7) is 7.40. The van der Waals surface area contributed by atoms with Crippen molar-refractivity contribution in [3.63, 3.8) is 0 Å². The summed E-state index contributed by atoms with van der Waals surface area (Å²) >= 11 is 0. The van der Waals surface area contributed by atoms with Crippen molar-refractivity contribution in [1.29, 1.82) is 0 Å². The largest absolute Gasteiger partial charge is 0.507 e. The monoisotopic (exact) mass is 264 g/mol. The molecule has 0 saturated heterocycles. The minimum Gasteiger partial charge on any atom is -0.507 e. The Hall–Kier alpha value is -1.97. The summed E-state index contributed by atoms with van der Waals surface area (Å²) in [6.07, 6.45) is 1.44. The van der Waals surface area contributed by atoms with E-state index < -0.39 is 5.97 Å². The fourth-order valence-electron chi connectivity index (χ4n) is 1.72. The molecule has 0 fully saturated rings. The van der Waals surface area contributed by atoms with E-state index in [1.54, 1.807) is 12.1 Å². The summed E-state index contributed by atoms with van der Waals surface area (Å²) in [5.41, 5.74) is 1.06. The van der Waals surface area contributed by atoms with Gasteiger partial charge in [0.15, 0.2) is 0 Å². The molecule has 1 aromatic rings. The number of hydrogen-bond donors (Lipinski definition) is 2. The SMILES string of the molecule is COc1cc(C=C(C)C(=O)O)c(O)c(C(C)(C)C)c1. The third-order valence-corrected chi connectivity index (χ3v) is 2.87. The molecule has 0 aromatic heterocycles. The van der Waals surface area contributed by atoms with Crippen LogP contribution in [0, 0.1) is 0 Å². The number of benzene rings is 1. The van der Waals surface area contributed by atoms with E-state index in [1.165, 1.54) is 20.1 Å². The first-order valence-electron chi connectivity index (χ1n) is 6.00. The van der Waals surface area contributed by atoms with Crippen LogP contribution in [0.3, 0.4) is 0 Å². The van der Waals surface area contributed by atoms with Gasteiger partial charge >= 0.3 is 5.97 Å². The molecule has 19 heavy (non-hydrogen) atoms. The van der Waals surface area contributed by atoms with Crippen molar-refractivity contribution in [3.05, 3.63) is 28.8 Å². The Labute approximate surface area is 113 Å². The third kappa shape index (κ3) is 3.50. The molecular weight excluding hydrogens is 244 g/mol. The van der Waals surface area contributed by atoms with E-state index >= 15 is 0 Å². The van der Waals surface area contributed by atoms with Crippen LogP contribution >= 0.6 is 0 Å². The predicted octanol–water partition coefficient (Wildman–Crippen LogP) is 3.19. The average Bonchev–Trinajstić information content (AvgIpc) is 2.29. The molecule has 0 heterocycles. The first kappa shape index (κ1) is 15.1. The molecule has 0 spiro atoms. The van der Waals surface area contributed by atoms with Gasteiger partial charge in [0.05, 0.1) is 7.11 Å². The minimum atomic E-state index is -1.01. The minimum absolute atomic E-state index is 0.0916. The molecule has 0 aliphatic carbocycles. The maximum Gasteiger partial charge on any atom is 0.331 e. The van der Waals surface area contributed by atoms with E-state index in [0.717, 1.165) is 5.56 Å². The lowest BCUT2D eigenvalue weighted by Crippen LogP contribution is -2.12. The second-order valence-electron chi connectivity index (χ2n) is 5.50. The van der Waals surface area contributed by atoms with Crippen molar-refractivity contribution in [2.24, 2.45) is 0 Å². The third-order valence-electron chi connectivity index (χ3n) is 2.87. The molecular formula is C15H20O4. The van der Waals surface area contributed by atoms with Gasteiger partial charge in [-0.3, -0.25) is 0 Å². The van der Waals surface area contributed by atoms with E-state index in [0.29, 0.717) is 11.3 Å². The van der Waals surface area contributed by atoms with Crippen LogP contribution in [0.2, 0.25) is 0 Å². The molecule has 4 heteroatoms. The Kier molecular flexibility index (Phi) is 4.24. The van der Waals surface area contributed by atoms with Crippen LogP contribution in [0.25, 0.3) is 6.08 Å². The van der Waals surface area contributed by atoms with Crippen LogP contribution in [0.4, 0.5) is 0 Å². The topological polar surface area (TPSA) is 66.8 Å². The molecule has 1 aromatic carbocycles. The van der Waals surface area contributed by atoms with Crippen LogP contribution in [0.1, 0.15) is 38.8 Å². The zero-order chi connectivity index (χ0) is 14.8.